The van der Waals surface area contributed by atoms with Gasteiger partial charge in [0.1, 0.15) is 12.4 Å². The molecule has 4 aromatic heterocycles. The number of nitrogens with two attached hydrogens (primary N) is 1. The molecular weight excluding hydrogens is 474 g/mol. The zero-order valence-corrected chi connectivity index (χ0v) is 19.2. The molecule has 0 saturated carbocycles. The summed E-state index contributed by atoms with van der Waals surface area (Å²) in [7, 11) is 1.13. The van der Waals surface area contributed by atoms with E-state index in [1.165, 1.54) is 18.4 Å². The van der Waals surface area contributed by atoms with Gasteiger partial charge in [0.05, 0.1) is 41.9 Å². The number of aromatic nitrogens is 6. The molecule has 192 valence electrons. The smallest absolute Gasteiger partial charge is 0.225 e. The third-order valence-electron chi connectivity index (χ3n) is 5.12. The monoisotopic (exact) mass is 517 g/mol. The van der Waals surface area contributed by atoms with Crippen LogP contribution in [0.2, 0.25) is 0 Å². The molecule has 5 aromatic rings. The summed E-state index contributed by atoms with van der Waals surface area (Å²) in [5, 5.41) is 8.16. The van der Waals surface area contributed by atoms with Gasteiger partial charge in [-0.25, -0.2) is 9.67 Å². The van der Waals surface area contributed by atoms with Gasteiger partial charge in [0.2, 0.25) is 11.8 Å². The number of fused-ring (bicyclic) bond motifs is 3. The van der Waals surface area contributed by atoms with Crippen LogP contribution in [0.5, 0.6) is 5.75 Å². The zero-order chi connectivity index (χ0) is 37.7. The first-order valence-electron chi connectivity index (χ1n) is 17.8. The van der Waals surface area contributed by atoms with Gasteiger partial charge in [-0.2, -0.15) is 14.6 Å². The van der Waals surface area contributed by atoms with E-state index in [4.69, 9.17) is 34.1 Å². The Morgan fingerprint density at radius 1 is 1.08 bits per heavy atom. The molecular formula is C25H29N9O3. The normalized spacial score (nSPS) is 26.9. The number of nitrogens with zero attached hydrogens (tertiary/aromatic N) is 8. The molecule has 0 amide bonds. The molecule has 2 N–H and O–H groups in total. The summed E-state index contributed by atoms with van der Waals surface area (Å²) in [6.45, 7) is -25.0. The van der Waals surface area contributed by atoms with Gasteiger partial charge < -0.3 is 24.5 Å². The lowest BCUT2D eigenvalue weighted by molar-refractivity contribution is 0.146. The predicted octanol–water partition coefficient (Wildman–Crippen LogP) is 2.16. The van der Waals surface area contributed by atoms with Crippen molar-refractivity contribution >= 4 is 28.3 Å². The van der Waals surface area contributed by atoms with E-state index in [1.807, 2.05) is 0 Å². The van der Waals surface area contributed by atoms with E-state index < -0.39 is 68.4 Å². The Kier molecular flexibility index (Phi) is 3.37. The van der Waals surface area contributed by atoms with E-state index in [1.54, 1.807) is 12.1 Å². The minimum absolute atomic E-state index is 0.00136. The molecule has 6 rings (SSSR count). The molecule has 0 spiro atoms. The first kappa shape index (κ1) is 12.4. The van der Waals surface area contributed by atoms with Crippen LogP contribution in [0.1, 0.15) is 19.2 Å². The van der Waals surface area contributed by atoms with Crippen LogP contribution in [0.3, 0.4) is 0 Å². The third-order valence-corrected chi connectivity index (χ3v) is 5.12. The van der Waals surface area contributed by atoms with Crippen molar-refractivity contribution in [3.05, 3.63) is 48.9 Å². The largest absolute Gasteiger partial charge is 0.491 e. The Morgan fingerprint density at radius 3 is 2.68 bits per heavy atom. The second-order valence-electron chi connectivity index (χ2n) is 7.38. The molecule has 1 aliphatic heterocycles. The Bertz CT molecular complexity index is 2060. The second-order valence-corrected chi connectivity index (χ2v) is 7.38. The summed E-state index contributed by atoms with van der Waals surface area (Å²) in [6, 6.07) is 7.70. The topological polar surface area (TPSA) is 125 Å². The maximum Gasteiger partial charge on any atom is 0.225 e. The zero-order valence-electron chi connectivity index (χ0n) is 33.2. The highest BCUT2D eigenvalue weighted by atomic mass is 16.5. The van der Waals surface area contributed by atoms with Gasteiger partial charge in [0.15, 0.2) is 17.1 Å². The molecule has 1 aromatic carbocycles. The highest BCUT2D eigenvalue weighted by molar-refractivity contribution is 5.90. The van der Waals surface area contributed by atoms with E-state index in [0.717, 1.165) is 30.0 Å². The van der Waals surface area contributed by atoms with Gasteiger partial charge in [-0.1, -0.05) is 0 Å². The van der Waals surface area contributed by atoms with Crippen LogP contribution in [-0.2, 0) is 11.2 Å². The number of aryl methyl sites for hydroxylation is 1. The van der Waals surface area contributed by atoms with Crippen LogP contribution < -0.4 is 15.4 Å². The Morgan fingerprint density at radius 2 is 1.92 bits per heavy atom. The summed E-state index contributed by atoms with van der Waals surface area (Å²) >= 11 is 0. The number of nitrogen functional groups attached to an aromatic ring is 1. The average Bonchev–Trinajstić information content (AvgIpc) is 3.79. The molecule has 37 heavy (non-hydrogen) atoms. The van der Waals surface area contributed by atoms with Crippen LogP contribution in [-0.4, -0.2) is 87.0 Å². The molecule has 0 unspecified atom stereocenters. The molecule has 0 radical (unpaired) electrons. The number of methoxy groups -OCH3 is 1. The van der Waals surface area contributed by atoms with Crippen LogP contribution in [0.4, 0.5) is 11.6 Å². The van der Waals surface area contributed by atoms with E-state index >= 15 is 0 Å². The Hall–Kier alpha value is -4.16. The molecule has 0 bridgehead atoms. The molecule has 5 heterocycles. The molecule has 1 saturated heterocycles. The van der Waals surface area contributed by atoms with Gasteiger partial charge >= 0.3 is 0 Å². The second kappa shape index (κ2) is 10.1. The quantitative estimate of drug-likeness (QED) is 0.311. The SMILES string of the molecule is [2H]C([2H])(COc1ccc(N2C([2H])([2H])C([2H])([2H])N(C([2H])([2H])C([2H])([2H])n3ncc4c3nc(N)n3nc(-c5ccco5)nc43)C([2H])([2H])C2([2H])[2H])cc1)OC. The standard InChI is InChI=1S/C25H29N9O3/c1-35-15-16-36-19-6-4-18(5-7-19)32-11-8-31(9-12-32)10-13-33-23-20(17-27-33)24-28-22(21-3-2-14-37-21)30-34(24)25(26)29-23/h2-7,14,17H,8-13,15-16H2,1H3,(H2,26,29)/i8D2,9D2,10D2,11D2,12D2,13D2,15D2. The van der Waals surface area contributed by atoms with Crippen LogP contribution in [0.25, 0.3) is 28.3 Å². The van der Waals surface area contributed by atoms with Crippen LogP contribution in [0.15, 0.2) is 53.3 Å². The lowest BCUT2D eigenvalue weighted by Crippen LogP contribution is -2.47. The molecule has 12 nitrogen and oxygen atoms in total. The lowest BCUT2D eigenvalue weighted by Gasteiger charge is -2.36. The van der Waals surface area contributed by atoms with Crippen molar-refractivity contribution in [2.24, 2.45) is 0 Å². The molecule has 0 aliphatic carbocycles. The summed E-state index contributed by atoms with van der Waals surface area (Å²) in [5.41, 5.74) is 5.28. The fourth-order valence-corrected chi connectivity index (χ4v) is 3.40. The van der Waals surface area contributed by atoms with Crippen molar-refractivity contribution in [2.45, 2.75) is 6.50 Å². The number of ether oxygens (including phenoxy) is 2. The number of hydrogen-bond donors (Lipinski definition) is 1. The highest BCUT2D eigenvalue weighted by Gasteiger charge is 2.20. The summed E-state index contributed by atoms with van der Waals surface area (Å²) in [5.74, 6) is 0.0259. The lowest BCUT2D eigenvalue weighted by atomic mass is 10.2. The number of benzene rings is 1. The number of anilines is 2. The van der Waals surface area contributed by atoms with Crippen LogP contribution in [0, 0.1) is 0 Å². The first-order chi connectivity index (χ1) is 23.4. The van der Waals surface area contributed by atoms with Gasteiger partial charge in [-0.15, -0.1) is 5.10 Å². The fourth-order valence-electron chi connectivity index (χ4n) is 3.40. The minimum Gasteiger partial charge on any atom is -0.491 e. The van der Waals surface area contributed by atoms with Crippen molar-refractivity contribution in [1.82, 2.24) is 34.3 Å². The summed E-state index contributed by atoms with van der Waals surface area (Å²) in [6.07, 6.45) is 2.44. The fraction of sp³-hybridized carbons (Fsp3) is 0.360. The van der Waals surface area contributed by atoms with E-state index in [9.17, 15) is 0 Å². The highest BCUT2D eigenvalue weighted by Crippen LogP contribution is 2.24. The van der Waals surface area contributed by atoms with Crippen molar-refractivity contribution in [1.29, 1.82) is 0 Å². The number of rotatable bonds is 9. The van der Waals surface area contributed by atoms with Crippen molar-refractivity contribution in [2.75, 3.05) is 63.4 Å². The number of piperazine rings is 1. The Balaban J connectivity index is 1.42. The average molecular weight is 518 g/mol. The van der Waals surface area contributed by atoms with Crippen molar-refractivity contribution in [3.63, 3.8) is 0 Å². The Labute approximate surface area is 232 Å². The van der Waals surface area contributed by atoms with Crippen LogP contribution >= 0.6 is 0 Å². The third kappa shape index (κ3) is 4.68. The predicted molar refractivity (Wildman–Crippen MR) is 139 cm³/mol. The summed E-state index contributed by atoms with van der Waals surface area (Å²) < 4.78 is 138. The van der Waals surface area contributed by atoms with Crippen molar-refractivity contribution < 1.29 is 33.1 Å². The van der Waals surface area contributed by atoms with Crippen molar-refractivity contribution in [3.8, 4) is 17.3 Å². The minimum atomic E-state index is -3.92. The first-order valence-corrected chi connectivity index (χ1v) is 10.8. The molecule has 12 heteroatoms. The number of furan rings is 1. The summed E-state index contributed by atoms with van der Waals surface area (Å²) in [4.78, 5) is 8.16. The maximum atomic E-state index is 8.93. The van der Waals surface area contributed by atoms with Gasteiger partial charge in [0, 0.05) is 53.5 Å². The maximum absolute atomic E-state index is 8.93. The van der Waals surface area contributed by atoms with Gasteiger partial charge in [-0.05, 0) is 36.4 Å². The van der Waals surface area contributed by atoms with E-state index in [-0.39, 0.29) is 39.2 Å². The van der Waals surface area contributed by atoms with Gasteiger partial charge in [-0.3, -0.25) is 4.90 Å². The van der Waals surface area contributed by atoms with E-state index in [0.29, 0.717) is 4.68 Å². The molecule has 0 atom stereocenters. The number of hydrogen-bond acceptors (Lipinski definition) is 10. The van der Waals surface area contributed by atoms with Gasteiger partial charge in [0.25, 0.3) is 0 Å². The molecule has 1 fully saturated rings. The molecule has 1 aliphatic rings. The van der Waals surface area contributed by atoms with E-state index in [2.05, 4.69) is 24.9 Å².